The van der Waals surface area contributed by atoms with E-state index in [0.29, 0.717) is 6.04 Å². The first-order chi connectivity index (χ1) is 12.5. The summed E-state index contributed by atoms with van der Waals surface area (Å²) >= 11 is 0. The predicted octanol–water partition coefficient (Wildman–Crippen LogP) is 4.14. The van der Waals surface area contributed by atoms with Gasteiger partial charge in [-0.05, 0) is 57.0 Å². The molecule has 0 spiro atoms. The molecular formula is C23H30N2O. The SMILES string of the molecule is Cc1ccc(Cc2ccccc2C(=O)N(C)CC2CCCCN2C)cc1. The number of hydrogen-bond acceptors (Lipinski definition) is 2. The highest BCUT2D eigenvalue weighted by Gasteiger charge is 2.23. The van der Waals surface area contributed by atoms with Gasteiger partial charge in [-0.25, -0.2) is 0 Å². The summed E-state index contributed by atoms with van der Waals surface area (Å²) in [5.41, 5.74) is 4.43. The summed E-state index contributed by atoms with van der Waals surface area (Å²) in [6, 6.07) is 17.1. The fraction of sp³-hybridized carbons (Fsp3) is 0.435. The molecule has 1 fully saturated rings. The molecule has 26 heavy (non-hydrogen) atoms. The second kappa shape index (κ2) is 8.50. The van der Waals surface area contributed by atoms with Crippen molar-refractivity contribution in [1.82, 2.24) is 9.80 Å². The standard InChI is InChI=1S/C23H30N2O/c1-18-11-13-19(14-12-18)16-20-8-4-5-10-22(20)23(26)25(3)17-21-9-6-7-15-24(21)2/h4-5,8,10-14,21H,6-7,9,15-17H2,1-3H3. The highest BCUT2D eigenvalue weighted by Crippen LogP contribution is 2.19. The maximum Gasteiger partial charge on any atom is 0.253 e. The summed E-state index contributed by atoms with van der Waals surface area (Å²) in [6.07, 6.45) is 4.50. The van der Waals surface area contributed by atoms with Crippen LogP contribution >= 0.6 is 0 Å². The molecule has 0 radical (unpaired) electrons. The summed E-state index contributed by atoms with van der Waals surface area (Å²) in [6.45, 7) is 4.03. The minimum atomic E-state index is 0.131. The Morgan fingerprint density at radius 3 is 2.58 bits per heavy atom. The van der Waals surface area contributed by atoms with Crippen molar-refractivity contribution in [1.29, 1.82) is 0 Å². The molecule has 2 aromatic carbocycles. The number of benzene rings is 2. The van der Waals surface area contributed by atoms with Crippen molar-refractivity contribution in [2.24, 2.45) is 0 Å². The third-order valence-corrected chi connectivity index (χ3v) is 5.52. The van der Waals surface area contributed by atoms with Crippen LogP contribution in [0.1, 0.15) is 46.3 Å². The monoisotopic (exact) mass is 350 g/mol. The Balaban J connectivity index is 1.73. The third-order valence-electron chi connectivity index (χ3n) is 5.52. The summed E-state index contributed by atoms with van der Waals surface area (Å²) in [4.78, 5) is 17.4. The lowest BCUT2D eigenvalue weighted by Gasteiger charge is -2.35. The van der Waals surface area contributed by atoms with Crippen LogP contribution in [-0.4, -0.2) is 48.9 Å². The average molecular weight is 351 g/mol. The zero-order valence-electron chi connectivity index (χ0n) is 16.2. The molecule has 3 rings (SSSR count). The molecule has 0 saturated carbocycles. The number of nitrogens with zero attached hydrogens (tertiary/aromatic N) is 2. The van der Waals surface area contributed by atoms with Gasteiger partial charge in [0.1, 0.15) is 0 Å². The lowest BCUT2D eigenvalue weighted by atomic mass is 9.98. The summed E-state index contributed by atoms with van der Waals surface area (Å²) in [7, 11) is 4.11. The molecule has 1 aliphatic heterocycles. The van der Waals surface area contributed by atoms with E-state index in [4.69, 9.17) is 0 Å². The zero-order valence-corrected chi connectivity index (χ0v) is 16.2. The normalized spacial score (nSPS) is 17.9. The van der Waals surface area contributed by atoms with E-state index < -0.39 is 0 Å². The van der Waals surface area contributed by atoms with Crippen molar-refractivity contribution in [2.75, 3.05) is 27.2 Å². The van der Waals surface area contributed by atoms with Crippen molar-refractivity contribution < 1.29 is 4.79 Å². The summed E-state index contributed by atoms with van der Waals surface area (Å²) in [5, 5.41) is 0. The third kappa shape index (κ3) is 4.53. The highest BCUT2D eigenvalue weighted by molar-refractivity contribution is 5.95. The number of rotatable bonds is 5. The number of hydrogen-bond donors (Lipinski definition) is 0. The molecule has 3 nitrogen and oxygen atoms in total. The Hall–Kier alpha value is -2.13. The minimum Gasteiger partial charge on any atom is -0.340 e. The van der Waals surface area contributed by atoms with E-state index in [2.05, 4.69) is 49.2 Å². The van der Waals surface area contributed by atoms with Gasteiger partial charge in [0.25, 0.3) is 5.91 Å². The molecule has 1 unspecified atom stereocenters. The lowest BCUT2D eigenvalue weighted by Crippen LogP contribution is -2.45. The highest BCUT2D eigenvalue weighted by atomic mass is 16.2. The number of amides is 1. The van der Waals surface area contributed by atoms with Gasteiger partial charge in [-0.3, -0.25) is 4.79 Å². The van der Waals surface area contributed by atoms with Crippen molar-refractivity contribution in [3.63, 3.8) is 0 Å². The van der Waals surface area contributed by atoms with Crippen molar-refractivity contribution >= 4 is 5.91 Å². The van der Waals surface area contributed by atoms with E-state index in [1.54, 1.807) is 0 Å². The fourth-order valence-electron chi connectivity index (χ4n) is 3.79. The summed E-state index contributed by atoms with van der Waals surface area (Å²) < 4.78 is 0. The van der Waals surface area contributed by atoms with Gasteiger partial charge in [0.2, 0.25) is 0 Å². The van der Waals surface area contributed by atoms with E-state index in [1.165, 1.54) is 30.4 Å². The molecule has 3 heteroatoms. The van der Waals surface area contributed by atoms with E-state index in [0.717, 1.165) is 30.6 Å². The topological polar surface area (TPSA) is 23.6 Å². The Kier molecular flexibility index (Phi) is 6.10. The molecule has 138 valence electrons. The van der Waals surface area contributed by atoms with Crippen LogP contribution < -0.4 is 0 Å². The van der Waals surface area contributed by atoms with Gasteiger partial charge in [-0.15, -0.1) is 0 Å². The quantitative estimate of drug-likeness (QED) is 0.809. The van der Waals surface area contributed by atoms with Crippen LogP contribution in [0.3, 0.4) is 0 Å². The predicted molar refractivity (Wildman–Crippen MR) is 108 cm³/mol. The first-order valence-electron chi connectivity index (χ1n) is 9.64. The number of carbonyl (C=O) groups excluding carboxylic acids is 1. The number of likely N-dealkylation sites (N-methyl/N-ethyl adjacent to an activating group) is 2. The molecule has 0 bridgehead atoms. The number of aryl methyl sites for hydroxylation is 1. The van der Waals surface area contributed by atoms with Gasteiger partial charge in [-0.2, -0.15) is 0 Å². The average Bonchev–Trinajstić information content (AvgIpc) is 2.65. The lowest BCUT2D eigenvalue weighted by molar-refractivity contribution is 0.0716. The Morgan fingerprint density at radius 2 is 1.85 bits per heavy atom. The minimum absolute atomic E-state index is 0.131. The van der Waals surface area contributed by atoms with Crippen molar-refractivity contribution in [2.45, 2.75) is 38.6 Å². The van der Waals surface area contributed by atoms with E-state index in [9.17, 15) is 4.79 Å². The summed E-state index contributed by atoms with van der Waals surface area (Å²) in [5.74, 6) is 0.131. The van der Waals surface area contributed by atoms with Crippen LogP contribution in [0.5, 0.6) is 0 Å². The smallest absolute Gasteiger partial charge is 0.253 e. The van der Waals surface area contributed by atoms with Crippen LogP contribution in [0.15, 0.2) is 48.5 Å². The van der Waals surface area contributed by atoms with Gasteiger partial charge in [0.05, 0.1) is 0 Å². The zero-order chi connectivity index (χ0) is 18.5. The van der Waals surface area contributed by atoms with Crippen LogP contribution in [0.2, 0.25) is 0 Å². The second-order valence-electron chi connectivity index (χ2n) is 7.64. The first-order valence-corrected chi connectivity index (χ1v) is 9.64. The van der Waals surface area contributed by atoms with Gasteiger partial charge in [-0.1, -0.05) is 54.4 Å². The van der Waals surface area contributed by atoms with E-state index in [-0.39, 0.29) is 5.91 Å². The maximum atomic E-state index is 13.1. The van der Waals surface area contributed by atoms with Gasteiger partial charge < -0.3 is 9.80 Å². The molecule has 1 aliphatic rings. The van der Waals surface area contributed by atoms with Gasteiger partial charge in [0.15, 0.2) is 0 Å². The Bertz CT molecular complexity index is 738. The van der Waals surface area contributed by atoms with E-state index in [1.807, 2.05) is 30.1 Å². The van der Waals surface area contributed by atoms with Gasteiger partial charge >= 0.3 is 0 Å². The molecule has 2 aromatic rings. The van der Waals surface area contributed by atoms with Crippen LogP contribution in [-0.2, 0) is 6.42 Å². The number of likely N-dealkylation sites (tertiary alicyclic amines) is 1. The molecular weight excluding hydrogens is 320 g/mol. The molecule has 1 amide bonds. The maximum absolute atomic E-state index is 13.1. The molecule has 1 saturated heterocycles. The molecule has 0 N–H and O–H groups in total. The van der Waals surface area contributed by atoms with Gasteiger partial charge in [0, 0.05) is 25.2 Å². The Labute approximate surface area is 157 Å². The molecule has 1 atom stereocenters. The van der Waals surface area contributed by atoms with Crippen LogP contribution in [0, 0.1) is 6.92 Å². The molecule has 0 aliphatic carbocycles. The molecule has 1 heterocycles. The van der Waals surface area contributed by atoms with Crippen molar-refractivity contribution in [3.05, 3.63) is 70.8 Å². The Morgan fingerprint density at radius 1 is 1.12 bits per heavy atom. The van der Waals surface area contributed by atoms with Crippen LogP contribution in [0.4, 0.5) is 0 Å². The first kappa shape index (κ1) is 18.7. The van der Waals surface area contributed by atoms with Crippen molar-refractivity contribution in [3.8, 4) is 0 Å². The number of piperidine rings is 1. The van der Waals surface area contributed by atoms with Crippen LogP contribution in [0.25, 0.3) is 0 Å². The number of carbonyl (C=O) groups is 1. The second-order valence-corrected chi connectivity index (χ2v) is 7.64. The molecule has 0 aromatic heterocycles. The van der Waals surface area contributed by atoms with E-state index >= 15 is 0 Å². The fourth-order valence-corrected chi connectivity index (χ4v) is 3.79. The largest absolute Gasteiger partial charge is 0.340 e.